The molecule has 0 saturated carbocycles. The third-order valence-corrected chi connectivity index (χ3v) is 2.38. The third-order valence-electron chi connectivity index (χ3n) is 2.38. The van der Waals surface area contributed by atoms with Gasteiger partial charge < -0.3 is 9.47 Å². The SMILES string of the molecule is C=CN(C)/N=C(\CC(=O)OCC)OCc1ccccc1. The first-order valence-electron chi connectivity index (χ1n) is 6.41. The smallest absolute Gasteiger partial charge is 0.315 e. The second kappa shape index (κ2) is 8.74. The molecule has 0 aromatic heterocycles. The first-order chi connectivity index (χ1) is 9.65. The standard InChI is InChI=1S/C15H20N2O3/c1-4-17(3)16-14(11-15(18)19-5-2)20-12-13-9-7-6-8-10-13/h4,6-10H,1,5,11-12H2,2-3H3/b16-14+. The van der Waals surface area contributed by atoms with Gasteiger partial charge >= 0.3 is 5.97 Å². The lowest BCUT2D eigenvalue weighted by Gasteiger charge is -2.12. The van der Waals surface area contributed by atoms with E-state index in [0.29, 0.717) is 19.1 Å². The van der Waals surface area contributed by atoms with Gasteiger partial charge in [0, 0.05) is 13.2 Å². The summed E-state index contributed by atoms with van der Waals surface area (Å²) in [5.74, 6) is -0.0634. The maximum absolute atomic E-state index is 11.5. The van der Waals surface area contributed by atoms with Crippen LogP contribution >= 0.6 is 0 Å². The number of benzene rings is 1. The van der Waals surface area contributed by atoms with Crippen LogP contribution in [0.3, 0.4) is 0 Å². The van der Waals surface area contributed by atoms with Crippen molar-refractivity contribution < 1.29 is 14.3 Å². The molecule has 5 nitrogen and oxygen atoms in total. The van der Waals surface area contributed by atoms with Crippen molar-refractivity contribution in [3.63, 3.8) is 0 Å². The number of esters is 1. The molecule has 0 heterocycles. The fraction of sp³-hybridized carbons (Fsp3) is 0.333. The summed E-state index contributed by atoms with van der Waals surface area (Å²) in [6.45, 7) is 6.04. The van der Waals surface area contributed by atoms with E-state index >= 15 is 0 Å². The Labute approximate surface area is 119 Å². The molecule has 0 aliphatic rings. The van der Waals surface area contributed by atoms with Gasteiger partial charge in [-0.25, -0.2) is 0 Å². The van der Waals surface area contributed by atoms with Crippen molar-refractivity contribution in [2.45, 2.75) is 20.0 Å². The largest absolute Gasteiger partial charge is 0.474 e. The van der Waals surface area contributed by atoms with Gasteiger partial charge in [-0.3, -0.25) is 9.80 Å². The molecule has 0 fully saturated rings. The zero-order valence-electron chi connectivity index (χ0n) is 11.9. The molecular weight excluding hydrogens is 256 g/mol. The first kappa shape index (κ1) is 15.8. The topological polar surface area (TPSA) is 51.1 Å². The maximum atomic E-state index is 11.5. The molecule has 0 aliphatic heterocycles. The van der Waals surface area contributed by atoms with Crippen LogP contribution in [0.15, 0.2) is 48.2 Å². The van der Waals surface area contributed by atoms with E-state index in [-0.39, 0.29) is 12.4 Å². The van der Waals surface area contributed by atoms with Crippen LogP contribution in [0.5, 0.6) is 0 Å². The highest BCUT2D eigenvalue weighted by Crippen LogP contribution is 2.04. The Kier molecular flexibility index (Phi) is 6.89. The van der Waals surface area contributed by atoms with E-state index in [2.05, 4.69) is 11.7 Å². The molecule has 0 N–H and O–H groups in total. The van der Waals surface area contributed by atoms with Crippen LogP contribution in [-0.2, 0) is 20.9 Å². The quantitative estimate of drug-likeness (QED) is 0.332. The minimum absolute atomic E-state index is 0.00114. The Morgan fingerprint density at radius 1 is 1.35 bits per heavy atom. The maximum Gasteiger partial charge on any atom is 0.315 e. The number of nitrogens with zero attached hydrogens (tertiary/aromatic N) is 2. The van der Waals surface area contributed by atoms with E-state index in [1.54, 1.807) is 14.0 Å². The molecule has 0 aliphatic carbocycles. The lowest BCUT2D eigenvalue weighted by molar-refractivity contribution is -0.141. The summed E-state index contributed by atoms with van der Waals surface area (Å²) < 4.78 is 10.5. The van der Waals surface area contributed by atoms with Crippen molar-refractivity contribution in [1.29, 1.82) is 0 Å². The molecule has 20 heavy (non-hydrogen) atoms. The van der Waals surface area contributed by atoms with Crippen molar-refractivity contribution >= 4 is 11.9 Å². The zero-order chi connectivity index (χ0) is 14.8. The Bertz CT molecular complexity index is 457. The summed E-state index contributed by atoms with van der Waals surface area (Å²) in [4.78, 5) is 11.5. The van der Waals surface area contributed by atoms with Gasteiger partial charge in [0.1, 0.15) is 13.0 Å². The Hall–Kier alpha value is -2.30. The fourth-order valence-electron chi connectivity index (χ4n) is 1.41. The fourth-order valence-corrected chi connectivity index (χ4v) is 1.41. The van der Waals surface area contributed by atoms with Gasteiger partial charge in [0.25, 0.3) is 0 Å². The molecule has 1 rings (SSSR count). The Morgan fingerprint density at radius 2 is 2.05 bits per heavy atom. The number of hydrogen-bond acceptors (Lipinski definition) is 5. The molecule has 0 bridgehead atoms. The Balaban J connectivity index is 2.65. The molecule has 0 unspecified atom stereocenters. The van der Waals surface area contributed by atoms with Crippen LogP contribution in [0.4, 0.5) is 0 Å². The lowest BCUT2D eigenvalue weighted by atomic mass is 10.2. The van der Waals surface area contributed by atoms with Gasteiger partial charge in [-0.15, -0.1) is 5.10 Å². The molecular formula is C15H20N2O3. The number of carbonyl (C=O) groups excluding carboxylic acids is 1. The van der Waals surface area contributed by atoms with Gasteiger partial charge in [0.15, 0.2) is 0 Å². The van der Waals surface area contributed by atoms with Crippen LogP contribution < -0.4 is 0 Å². The van der Waals surface area contributed by atoms with Crippen LogP contribution in [0.25, 0.3) is 0 Å². The summed E-state index contributed by atoms with van der Waals surface area (Å²) >= 11 is 0. The van der Waals surface area contributed by atoms with Crippen LogP contribution in [0.1, 0.15) is 18.9 Å². The van der Waals surface area contributed by atoms with Crippen molar-refractivity contribution in [2.24, 2.45) is 5.10 Å². The van der Waals surface area contributed by atoms with Crippen molar-refractivity contribution in [3.8, 4) is 0 Å². The normalized spacial score (nSPS) is 10.8. The predicted octanol–water partition coefficient (Wildman–Crippen LogP) is 2.55. The monoisotopic (exact) mass is 276 g/mol. The summed E-state index contributed by atoms with van der Waals surface area (Å²) in [5, 5.41) is 5.63. The number of carbonyl (C=O) groups is 1. The van der Waals surface area contributed by atoms with E-state index in [4.69, 9.17) is 9.47 Å². The molecule has 0 spiro atoms. The highest BCUT2D eigenvalue weighted by molar-refractivity contribution is 5.94. The number of hydrazone groups is 1. The first-order valence-corrected chi connectivity index (χ1v) is 6.41. The minimum Gasteiger partial charge on any atom is -0.474 e. The van der Waals surface area contributed by atoms with E-state index < -0.39 is 0 Å². The number of ether oxygens (including phenoxy) is 2. The van der Waals surface area contributed by atoms with Crippen LogP contribution in [0, 0.1) is 0 Å². The van der Waals surface area contributed by atoms with Gasteiger partial charge in [-0.2, -0.15) is 0 Å². The molecule has 1 aromatic rings. The van der Waals surface area contributed by atoms with Crippen molar-refractivity contribution in [1.82, 2.24) is 5.01 Å². The van der Waals surface area contributed by atoms with Crippen molar-refractivity contribution in [3.05, 3.63) is 48.7 Å². The average molecular weight is 276 g/mol. The predicted molar refractivity (Wildman–Crippen MR) is 77.9 cm³/mol. The molecule has 0 saturated heterocycles. The second-order valence-electron chi connectivity index (χ2n) is 4.01. The number of hydrogen-bond donors (Lipinski definition) is 0. The van der Waals surface area contributed by atoms with Gasteiger partial charge in [-0.05, 0) is 12.5 Å². The zero-order valence-corrected chi connectivity index (χ0v) is 11.9. The molecule has 0 atom stereocenters. The third kappa shape index (κ3) is 6.04. The minimum atomic E-state index is -0.364. The van der Waals surface area contributed by atoms with Gasteiger partial charge in [0.2, 0.25) is 5.90 Å². The average Bonchev–Trinajstić information content (AvgIpc) is 2.46. The van der Waals surface area contributed by atoms with Gasteiger partial charge in [-0.1, -0.05) is 36.9 Å². The van der Waals surface area contributed by atoms with E-state index in [0.717, 1.165) is 5.56 Å². The summed E-state index contributed by atoms with van der Waals surface area (Å²) in [5.41, 5.74) is 1.00. The van der Waals surface area contributed by atoms with E-state index in [1.165, 1.54) is 11.2 Å². The summed E-state index contributed by atoms with van der Waals surface area (Å²) in [6, 6.07) is 9.68. The highest BCUT2D eigenvalue weighted by atomic mass is 16.5. The summed E-state index contributed by atoms with van der Waals surface area (Å²) in [6.07, 6.45) is 1.52. The molecule has 0 amide bonds. The second-order valence-corrected chi connectivity index (χ2v) is 4.01. The molecule has 108 valence electrons. The summed E-state index contributed by atoms with van der Waals surface area (Å²) in [7, 11) is 1.71. The molecule has 0 radical (unpaired) electrons. The van der Waals surface area contributed by atoms with E-state index in [9.17, 15) is 4.79 Å². The van der Waals surface area contributed by atoms with Gasteiger partial charge in [0.05, 0.1) is 6.61 Å². The van der Waals surface area contributed by atoms with Crippen molar-refractivity contribution in [2.75, 3.05) is 13.7 Å². The lowest BCUT2D eigenvalue weighted by Crippen LogP contribution is -2.17. The highest BCUT2D eigenvalue weighted by Gasteiger charge is 2.11. The van der Waals surface area contributed by atoms with Crippen LogP contribution in [0.2, 0.25) is 0 Å². The van der Waals surface area contributed by atoms with Crippen LogP contribution in [-0.4, -0.2) is 30.5 Å². The molecule has 5 heteroatoms. The Morgan fingerprint density at radius 3 is 2.65 bits per heavy atom. The van der Waals surface area contributed by atoms with E-state index in [1.807, 2.05) is 30.3 Å². The number of rotatable bonds is 7. The molecule has 1 aromatic carbocycles.